The zero-order valence-electron chi connectivity index (χ0n) is 8.13. The van der Waals surface area contributed by atoms with Gasteiger partial charge in [0.2, 0.25) is 0 Å². The van der Waals surface area contributed by atoms with Gasteiger partial charge in [-0.05, 0) is 19.3 Å². The number of urea groups is 1. The van der Waals surface area contributed by atoms with Crippen molar-refractivity contribution in [2.75, 3.05) is 0 Å². The van der Waals surface area contributed by atoms with E-state index in [-0.39, 0.29) is 5.91 Å². The zero-order valence-corrected chi connectivity index (χ0v) is 8.13. The standard InChI is InChI=1S/C8H15N3O2/c1-5(2)4-8(3)6(12)11(9)7(13)10-8/h5H,4,9H2,1-3H3,(H,10,13). The summed E-state index contributed by atoms with van der Waals surface area (Å²) >= 11 is 0. The first-order chi connectivity index (χ1) is 5.87. The molecule has 1 fully saturated rings. The molecule has 1 aliphatic heterocycles. The Bertz CT molecular complexity index is 252. The SMILES string of the molecule is CC(C)CC1(C)NC(=O)N(N)C1=O. The molecular formula is C8H15N3O2. The van der Waals surface area contributed by atoms with Crippen LogP contribution in [0.2, 0.25) is 0 Å². The summed E-state index contributed by atoms with van der Waals surface area (Å²) in [4.78, 5) is 22.5. The highest BCUT2D eigenvalue weighted by molar-refractivity contribution is 6.06. The third-order valence-corrected chi connectivity index (χ3v) is 2.11. The van der Waals surface area contributed by atoms with E-state index in [0.29, 0.717) is 17.3 Å². The molecule has 3 amide bonds. The van der Waals surface area contributed by atoms with E-state index in [1.54, 1.807) is 6.92 Å². The summed E-state index contributed by atoms with van der Waals surface area (Å²) in [7, 11) is 0. The van der Waals surface area contributed by atoms with Crippen molar-refractivity contribution in [3.8, 4) is 0 Å². The Morgan fingerprint density at radius 1 is 1.54 bits per heavy atom. The molecule has 1 unspecified atom stereocenters. The fraction of sp³-hybridized carbons (Fsp3) is 0.750. The fourth-order valence-electron chi connectivity index (χ4n) is 1.66. The number of imide groups is 1. The molecule has 5 heteroatoms. The summed E-state index contributed by atoms with van der Waals surface area (Å²) in [6.45, 7) is 5.67. The highest BCUT2D eigenvalue weighted by atomic mass is 16.2. The first-order valence-electron chi connectivity index (χ1n) is 4.28. The molecule has 0 aliphatic carbocycles. The number of rotatable bonds is 2. The van der Waals surface area contributed by atoms with Gasteiger partial charge in [-0.3, -0.25) is 4.79 Å². The predicted octanol–water partition coefficient (Wildman–Crippen LogP) is 0.217. The summed E-state index contributed by atoms with van der Waals surface area (Å²) in [5, 5.41) is 3.21. The summed E-state index contributed by atoms with van der Waals surface area (Å²) < 4.78 is 0. The highest BCUT2D eigenvalue weighted by Crippen LogP contribution is 2.22. The summed E-state index contributed by atoms with van der Waals surface area (Å²) in [6.07, 6.45) is 0.602. The number of hydrogen-bond donors (Lipinski definition) is 2. The van der Waals surface area contributed by atoms with E-state index in [1.807, 2.05) is 13.8 Å². The molecule has 0 aromatic rings. The number of nitrogens with zero attached hydrogens (tertiary/aromatic N) is 1. The molecule has 1 rings (SSSR count). The Kier molecular flexibility index (Phi) is 2.30. The Morgan fingerprint density at radius 3 is 2.38 bits per heavy atom. The number of hydrazine groups is 1. The van der Waals surface area contributed by atoms with Gasteiger partial charge in [0.05, 0.1) is 0 Å². The summed E-state index contributed by atoms with van der Waals surface area (Å²) in [5.41, 5.74) is -0.819. The lowest BCUT2D eigenvalue weighted by Gasteiger charge is -2.22. The zero-order chi connectivity index (χ0) is 10.2. The lowest BCUT2D eigenvalue weighted by atomic mass is 9.91. The molecular weight excluding hydrogens is 170 g/mol. The Balaban J connectivity index is 2.81. The van der Waals surface area contributed by atoms with Crippen LogP contribution in [0.3, 0.4) is 0 Å². The van der Waals surface area contributed by atoms with Crippen molar-refractivity contribution < 1.29 is 9.59 Å². The second-order valence-corrected chi connectivity index (χ2v) is 4.04. The average Bonchev–Trinajstić information content (AvgIpc) is 2.14. The molecule has 0 spiro atoms. The monoisotopic (exact) mass is 185 g/mol. The molecule has 1 saturated heterocycles. The van der Waals surface area contributed by atoms with Crippen LogP contribution in [0.4, 0.5) is 4.79 Å². The topological polar surface area (TPSA) is 75.4 Å². The minimum Gasteiger partial charge on any atom is -0.322 e. The van der Waals surface area contributed by atoms with Crippen molar-refractivity contribution in [3.63, 3.8) is 0 Å². The Morgan fingerprint density at radius 2 is 2.08 bits per heavy atom. The van der Waals surface area contributed by atoms with Gasteiger partial charge in [0.1, 0.15) is 5.54 Å². The van der Waals surface area contributed by atoms with Crippen LogP contribution in [0.1, 0.15) is 27.2 Å². The van der Waals surface area contributed by atoms with Crippen molar-refractivity contribution in [1.82, 2.24) is 10.3 Å². The first kappa shape index (κ1) is 9.98. The van der Waals surface area contributed by atoms with E-state index in [9.17, 15) is 9.59 Å². The molecule has 74 valence electrons. The van der Waals surface area contributed by atoms with Crippen LogP contribution in [-0.2, 0) is 4.79 Å². The molecule has 1 heterocycles. The van der Waals surface area contributed by atoms with Crippen LogP contribution in [0, 0.1) is 5.92 Å². The maximum atomic E-state index is 11.5. The van der Waals surface area contributed by atoms with E-state index in [0.717, 1.165) is 0 Å². The molecule has 1 aliphatic rings. The van der Waals surface area contributed by atoms with Gasteiger partial charge >= 0.3 is 6.03 Å². The average molecular weight is 185 g/mol. The number of nitrogens with one attached hydrogen (secondary N) is 1. The molecule has 0 aromatic heterocycles. The lowest BCUT2D eigenvalue weighted by molar-refractivity contribution is -0.131. The quantitative estimate of drug-likeness (QED) is 0.367. The van der Waals surface area contributed by atoms with Crippen LogP contribution in [0.5, 0.6) is 0 Å². The van der Waals surface area contributed by atoms with Gasteiger partial charge in [0.25, 0.3) is 5.91 Å². The second-order valence-electron chi connectivity index (χ2n) is 4.04. The van der Waals surface area contributed by atoms with Crippen LogP contribution >= 0.6 is 0 Å². The maximum absolute atomic E-state index is 11.5. The highest BCUT2D eigenvalue weighted by Gasteiger charge is 2.46. The molecule has 5 nitrogen and oxygen atoms in total. The van der Waals surface area contributed by atoms with Crippen molar-refractivity contribution in [2.45, 2.75) is 32.7 Å². The smallest absolute Gasteiger partial charge is 0.322 e. The van der Waals surface area contributed by atoms with Gasteiger partial charge in [-0.25, -0.2) is 10.6 Å². The number of carbonyl (C=O) groups excluding carboxylic acids is 2. The Labute approximate surface area is 77.2 Å². The van der Waals surface area contributed by atoms with Crippen molar-refractivity contribution in [2.24, 2.45) is 11.8 Å². The van der Waals surface area contributed by atoms with Crippen LogP contribution < -0.4 is 11.2 Å². The normalized spacial score (nSPS) is 28.5. The van der Waals surface area contributed by atoms with Gasteiger partial charge < -0.3 is 5.32 Å². The van der Waals surface area contributed by atoms with Gasteiger partial charge in [-0.2, -0.15) is 5.01 Å². The predicted molar refractivity (Wildman–Crippen MR) is 47.4 cm³/mol. The van der Waals surface area contributed by atoms with Gasteiger partial charge in [-0.15, -0.1) is 0 Å². The van der Waals surface area contributed by atoms with E-state index in [1.165, 1.54) is 0 Å². The summed E-state index contributed by atoms with van der Waals surface area (Å²) in [6, 6.07) is -0.520. The van der Waals surface area contributed by atoms with Crippen LogP contribution in [-0.4, -0.2) is 22.5 Å². The van der Waals surface area contributed by atoms with Crippen LogP contribution in [0.25, 0.3) is 0 Å². The fourth-order valence-corrected chi connectivity index (χ4v) is 1.66. The van der Waals surface area contributed by atoms with Gasteiger partial charge in [0.15, 0.2) is 0 Å². The number of nitrogens with two attached hydrogens (primary N) is 1. The van der Waals surface area contributed by atoms with Crippen molar-refractivity contribution >= 4 is 11.9 Å². The van der Waals surface area contributed by atoms with E-state index in [2.05, 4.69) is 5.32 Å². The minimum atomic E-state index is -0.819. The number of hydrogen-bond acceptors (Lipinski definition) is 3. The molecule has 0 bridgehead atoms. The third kappa shape index (κ3) is 1.65. The molecule has 0 aromatic carbocycles. The maximum Gasteiger partial charge on any atom is 0.339 e. The van der Waals surface area contributed by atoms with E-state index < -0.39 is 11.6 Å². The largest absolute Gasteiger partial charge is 0.339 e. The number of carbonyl (C=O) groups is 2. The Hall–Kier alpha value is -1.10. The van der Waals surface area contributed by atoms with Gasteiger partial charge in [-0.1, -0.05) is 13.8 Å². The van der Waals surface area contributed by atoms with Crippen LogP contribution in [0.15, 0.2) is 0 Å². The molecule has 3 N–H and O–H groups in total. The molecule has 0 radical (unpaired) electrons. The third-order valence-electron chi connectivity index (χ3n) is 2.11. The molecule has 0 saturated carbocycles. The van der Waals surface area contributed by atoms with E-state index >= 15 is 0 Å². The summed E-state index contributed by atoms with van der Waals surface area (Å²) in [5.74, 6) is 5.22. The lowest BCUT2D eigenvalue weighted by Crippen LogP contribution is -2.45. The first-order valence-corrected chi connectivity index (χ1v) is 4.28. The number of amides is 3. The second kappa shape index (κ2) is 2.99. The van der Waals surface area contributed by atoms with Crippen molar-refractivity contribution in [3.05, 3.63) is 0 Å². The minimum absolute atomic E-state index is 0.334. The van der Waals surface area contributed by atoms with Crippen molar-refractivity contribution in [1.29, 1.82) is 0 Å². The van der Waals surface area contributed by atoms with Gasteiger partial charge in [0, 0.05) is 0 Å². The van der Waals surface area contributed by atoms with E-state index in [4.69, 9.17) is 5.84 Å². The molecule has 13 heavy (non-hydrogen) atoms. The molecule has 1 atom stereocenters.